The van der Waals surface area contributed by atoms with E-state index in [4.69, 9.17) is 16.3 Å². The molecular weight excluding hydrogens is 282 g/mol. The molecule has 6 heteroatoms. The van der Waals surface area contributed by atoms with E-state index in [2.05, 4.69) is 0 Å². The third kappa shape index (κ3) is 2.95. The van der Waals surface area contributed by atoms with E-state index >= 15 is 0 Å². The molecule has 2 aromatic carbocycles. The first kappa shape index (κ1) is 14.0. The van der Waals surface area contributed by atoms with E-state index in [1.165, 1.54) is 18.2 Å². The SMILES string of the molecule is Cc1cc(Oc2ccc(C=O)c(Cl)c2)ccc1[N+](=O)[O-]. The predicted molar refractivity (Wildman–Crippen MR) is 74.7 cm³/mol. The molecule has 2 aromatic rings. The number of hydrogen-bond acceptors (Lipinski definition) is 4. The number of benzene rings is 2. The molecule has 0 aliphatic heterocycles. The number of ether oxygens (including phenoxy) is 1. The van der Waals surface area contributed by atoms with Crippen LogP contribution in [0.5, 0.6) is 11.5 Å². The number of carbonyl (C=O) groups excluding carboxylic acids is 1. The number of hydrogen-bond donors (Lipinski definition) is 0. The molecule has 102 valence electrons. The van der Waals surface area contributed by atoms with Crippen LogP contribution >= 0.6 is 11.6 Å². The van der Waals surface area contributed by atoms with Gasteiger partial charge in [-0.25, -0.2) is 0 Å². The van der Waals surface area contributed by atoms with Gasteiger partial charge in [0.2, 0.25) is 0 Å². The molecule has 0 aromatic heterocycles. The maximum atomic E-state index is 10.7. The number of aryl methyl sites for hydroxylation is 1. The van der Waals surface area contributed by atoms with Gasteiger partial charge in [-0.05, 0) is 31.2 Å². The highest BCUT2D eigenvalue weighted by atomic mass is 35.5. The Hall–Kier alpha value is -2.40. The number of halogens is 1. The van der Waals surface area contributed by atoms with Crippen LogP contribution in [-0.2, 0) is 0 Å². The van der Waals surface area contributed by atoms with Crippen LogP contribution in [0.3, 0.4) is 0 Å². The Bertz CT molecular complexity index is 685. The normalized spacial score (nSPS) is 10.1. The van der Waals surface area contributed by atoms with Crippen molar-refractivity contribution in [1.82, 2.24) is 0 Å². The summed E-state index contributed by atoms with van der Waals surface area (Å²) < 4.78 is 5.55. The van der Waals surface area contributed by atoms with Crippen molar-refractivity contribution in [2.45, 2.75) is 6.92 Å². The van der Waals surface area contributed by atoms with Crippen molar-refractivity contribution in [1.29, 1.82) is 0 Å². The van der Waals surface area contributed by atoms with Gasteiger partial charge in [0.1, 0.15) is 11.5 Å². The number of rotatable bonds is 4. The lowest BCUT2D eigenvalue weighted by atomic mass is 10.2. The zero-order chi connectivity index (χ0) is 14.7. The van der Waals surface area contributed by atoms with Gasteiger partial charge in [-0.15, -0.1) is 0 Å². The quantitative estimate of drug-likeness (QED) is 0.482. The number of nitrogens with zero attached hydrogens (tertiary/aromatic N) is 1. The third-order valence-corrected chi connectivity index (χ3v) is 3.03. The van der Waals surface area contributed by atoms with Gasteiger partial charge in [-0.3, -0.25) is 14.9 Å². The summed E-state index contributed by atoms with van der Waals surface area (Å²) in [6, 6.07) is 9.12. The van der Waals surface area contributed by atoms with Crippen LogP contribution in [0.15, 0.2) is 36.4 Å². The van der Waals surface area contributed by atoms with E-state index in [9.17, 15) is 14.9 Å². The van der Waals surface area contributed by atoms with Gasteiger partial charge < -0.3 is 4.74 Å². The van der Waals surface area contributed by atoms with Crippen LogP contribution in [0.25, 0.3) is 0 Å². The molecule has 0 saturated carbocycles. The fraction of sp³-hybridized carbons (Fsp3) is 0.0714. The van der Waals surface area contributed by atoms with E-state index in [0.717, 1.165) is 0 Å². The summed E-state index contributed by atoms with van der Waals surface area (Å²) in [5.41, 5.74) is 0.911. The van der Waals surface area contributed by atoms with Gasteiger partial charge >= 0.3 is 0 Å². The van der Waals surface area contributed by atoms with Crippen molar-refractivity contribution >= 4 is 23.6 Å². The lowest BCUT2D eigenvalue weighted by molar-refractivity contribution is -0.385. The van der Waals surface area contributed by atoms with Crippen molar-refractivity contribution in [3.05, 3.63) is 62.7 Å². The standard InChI is InChI=1S/C14H10ClNO4/c1-9-6-11(4-5-14(9)16(18)19)20-12-3-2-10(8-17)13(15)7-12/h2-8H,1H3. The van der Waals surface area contributed by atoms with Gasteiger partial charge in [0, 0.05) is 23.3 Å². The van der Waals surface area contributed by atoms with Gasteiger partial charge in [-0.2, -0.15) is 0 Å². The molecule has 0 aliphatic carbocycles. The monoisotopic (exact) mass is 291 g/mol. The van der Waals surface area contributed by atoms with Crippen LogP contribution in [0.2, 0.25) is 5.02 Å². The largest absolute Gasteiger partial charge is 0.457 e. The highest BCUT2D eigenvalue weighted by Crippen LogP contribution is 2.29. The molecule has 0 unspecified atom stereocenters. The molecule has 0 heterocycles. The second-order valence-electron chi connectivity index (χ2n) is 4.11. The Morgan fingerprint density at radius 2 is 1.85 bits per heavy atom. The minimum absolute atomic E-state index is 0.0340. The van der Waals surface area contributed by atoms with E-state index < -0.39 is 4.92 Å². The summed E-state index contributed by atoms with van der Waals surface area (Å²) in [6.45, 7) is 1.63. The molecule has 0 spiro atoms. The molecule has 5 nitrogen and oxygen atoms in total. The third-order valence-electron chi connectivity index (χ3n) is 2.70. The highest BCUT2D eigenvalue weighted by molar-refractivity contribution is 6.33. The van der Waals surface area contributed by atoms with Crippen LogP contribution in [-0.4, -0.2) is 11.2 Å². The number of nitro groups is 1. The molecule has 0 amide bonds. The van der Waals surface area contributed by atoms with E-state index in [1.54, 1.807) is 25.1 Å². The summed E-state index contributed by atoms with van der Waals surface area (Å²) in [6.07, 6.45) is 0.655. The fourth-order valence-electron chi connectivity index (χ4n) is 1.70. The summed E-state index contributed by atoms with van der Waals surface area (Å²) in [4.78, 5) is 20.9. The number of nitro benzene ring substituents is 1. The predicted octanol–water partition coefficient (Wildman–Crippen LogP) is 4.16. The lowest BCUT2D eigenvalue weighted by Gasteiger charge is -2.07. The highest BCUT2D eigenvalue weighted by Gasteiger charge is 2.11. The molecule has 2 rings (SSSR count). The Labute approximate surface area is 119 Å². The average Bonchev–Trinajstić information content (AvgIpc) is 2.38. The Morgan fingerprint density at radius 3 is 2.40 bits per heavy atom. The summed E-state index contributed by atoms with van der Waals surface area (Å²) in [5.74, 6) is 0.914. The maximum absolute atomic E-state index is 10.7. The molecule has 0 saturated heterocycles. The van der Waals surface area contributed by atoms with Gasteiger partial charge in [0.25, 0.3) is 5.69 Å². The second kappa shape index (κ2) is 5.71. The van der Waals surface area contributed by atoms with E-state index in [-0.39, 0.29) is 10.7 Å². The zero-order valence-electron chi connectivity index (χ0n) is 10.5. The van der Waals surface area contributed by atoms with Crippen LogP contribution in [0, 0.1) is 17.0 Å². The summed E-state index contributed by atoms with van der Waals surface area (Å²) in [7, 11) is 0. The van der Waals surface area contributed by atoms with Crippen LogP contribution in [0.1, 0.15) is 15.9 Å². The fourth-order valence-corrected chi connectivity index (χ4v) is 1.91. The molecule has 0 bridgehead atoms. The van der Waals surface area contributed by atoms with Crippen LogP contribution < -0.4 is 4.74 Å². The Morgan fingerprint density at radius 1 is 1.20 bits per heavy atom. The first-order chi connectivity index (χ1) is 9.51. The van der Waals surface area contributed by atoms with Crippen molar-refractivity contribution in [2.75, 3.05) is 0 Å². The molecule has 0 aliphatic rings. The van der Waals surface area contributed by atoms with E-state index in [1.807, 2.05) is 0 Å². The van der Waals surface area contributed by atoms with Crippen molar-refractivity contribution < 1.29 is 14.5 Å². The smallest absolute Gasteiger partial charge is 0.272 e. The Balaban J connectivity index is 2.26. The Kier molecular flexibility index (Phi) is 4.00. The lowest BCUT2D eigenvalue weighted by Crippen LogP contribution is -1.92. The van der Waals surface area contributed by atoms with Crippen molar-refractivity contribution in [3.63, 3.8) is 0 Å². The topological polar surface area (TPSA) is 69.4 Å². The molecule has 0 radical (unpaired) electrons. The minimum atomic E-state index is -0.450. The molecule has 0 N–H and O–H groups in total. The number of aldehydes is 1. The van der Waals surface area contributed by atoms with Crippen molar-refractivity contribution in [2.24, 2.45) is 0 Å². The van der Waals surface area contributed by atoms with Crippen molar-refractivity contribution in [3.8, 4) is 11.5 Å². The van der Waals surface area contributed by atoms with Gasteiger partial charge in [0.15, 0.2) is 6.29 Å². The van der Waals surface area contributed by atoms with Gasteiger partial charge in [-0.1, -0.05) is 11.6 Å². The zero-order valence-corrected chi connectivity index (χ0v) is 11.3. The van der Waals surface area contributed by atoms with Crippen LogP contribution in [0.4, 0.5) is 5.69 Å². The van der Waals surface area contributed by atoms with E-state index in [0.29, 0.717) is 28.9 Å². The first-order valence-electron chi connectivity index (χ1n) is 5.69. The second-order valence-corrected chi connectivity index (χ2v) is 4.52. The number of carbonyl (C=O) groups is 1. The molecule has 0 fully saturated rings. The molecule has 20 heavy (non-hydrogen) atoms. The summed E-state index contributed by atoms with van der Waals surface area (Å²) >= 11 is 5.89. The molecular formula is C14H10ClNO4. The average molecular weight is 292 g/mol. The molecule has 0 atom stereocenters. The summed E-state index contributed by atoms with van der Waals surface area (Å²) in [5, 5.41) is 11.0. The van der Waals surface area contributed by atoms with Gasteiger partial charge in [0.05, 0.1) is 9.95 Å². The maximum Gasteiger partial charge on any atom is 0.272 e. The minimum Gasteiger partial charge on any atom is -0.457 e. The first-order valence-corrected chi connectivity index (χ1v) is 6.06.